The number of piperazine rings is 1. The molecule has 6 heteroatoms. The maximum Gasteiger partial charge on any atom is 0.200 e. The lowest BCUT2D eigenvalue weighted by molar-refractivity contribution is 0.652. The summed E-state index contributed by atoms with van der Waals surface area (Å²) in [6.07, 6.45) is 1.66. The second-order valence-corrected chi connectivity index (χ2v) is 5.58. The number of hydrogen-bond acceptors (Lipinski definition) is 5. The Hall–Kier alpha value is -2.63. The SMILES string of the molecule is Cc1cc(N2CCN(c3ccccc3)CC2)c2nncn2n1. The Balaban J connectivity index is 1.57. The molecule has 2 aromatic heterocycles. The van der Waals surface area contributed by atoms with Gasteiger partial charge >= 0.3 is 0 Å². The summed E-state index contributed by atoms with van der Waals surface area (Å²) in [7, 11) is 0. The van der Waals surface area contributed by atoms with Crippen molar-refractivity contribution in [2.24, 2.45) is 0 Å². The van der Waals surface area contributed by atoms with Crippen LogP contribution in [0.4, 0.5) is 11.4 Å². The van der Waals surface area contributed by atoms with E-state index in [1.54, 1.807) is 10.8 Å². The zero-order valence-electron chi connectivity index (χ0n) is 12.6. The van der Waals surface area contributed by atoms with Crippen LogP contribution in [-0.2, 0) is 0 Å². The number of fused-ring (bicyclic) bond motifs is 1. The van der Waals surface area contributed by atoms with E-state index >= 15 is 0 Å². The summed E-state index contributed by atoms with van der Waals surface area (Å²) >= 11 is 0. The zero-order chi connectivity index (χ0) is 14.9. The third-order valence-electron chi connectivity index (χ3n) is 4.11. The summed E-state index contributed by atoms with van der Waals surface area (Å²) in [5, 5.41) is 12.6. The van der Waals surface area contributed by atoms with Gasteiger partial charge < -0.3 is 9.80 Å². The maximum absolute atomic E-state index is 4.41. The van der Waals surface area contributed by atoms with E-state index in [-0.39, 0.29) is 0 Å². The molecule has 3 aromatic rings. The predicted octanol–water partition coefficient (Wildman–Crippen LogP) is 1.76. The highest BCUT2D eigenvalue weighted by molar-refractivity contribution is 5.69. The van der Waals surface area contributed by atoms with Gasteiger partial charge in [0.05, 0.1) is 11.4 Å². The second-order valence-electron chi connectivity index (χ2n) is 5.58. The van der Waals surface area contributed by atoms with Gasteiger partial charge in [-0.15, -0.1) is 10.2 Å². The molecule has 6 nitrogen and oxygen atoms in total. The highest BCUT2D eigenvalue weighted by Gasteiger charge is 2.20. The second kappa shape index (κ2) is 5.29. The van der Waals surface area contributed by atoms with E-state index in [0.717, 1.165) is 43.2 Å². The van der Waals surface area contributed by atoms with Crippen LogP contribution < -0.4 is 9.80 Å². The van der Waals surface area contributed by atoms with Gasteiger partial charge in [-0.25, -0.2) is 0 Å². The Labute approximate surface area is 129 Å². The molecule has 4 rings (SSSR count). The van der Waals surface area contributed by atoms with E-state index in [4.69, 9.17) is 0 Å². The fourth-order valence-corrected chi connectivity index (χ4v) is 3.01. The van der Waals surface area contributed by atoms with Crippen LogP contribution in [0.3, 0.4) is 0 Å². The lowest BCUT2D eigenvalue weighted by Gasteiger charge is -2.37. The van der Waals surface area contributed by atoms with Crippen LogP contribution in [-0.4, -0.2) is 46.0 Å². The molecular weight excluding hydrogens is 276 g/mol. The first kappa shape index (κ1) is 13.1. The molecule has 0 amide bonds. The van der Waals surface area contributed by atoms with Crippen molar-refractivity contribution >= 4 is 17.0 Å². The maximum atomic E-state index is 4.41. The number of rotatable bonds is 2. The first-order valence-corrected chi connectivity index (χ1v) is 7.54. The molecule has 0 radical (unpaired) electrons. The van der Waals surface area contributed by atoms with Gasteiger partial charge in [-0.3, -0.25) is 0 Å². The molecule has 0 atom stereocenters. The van der Waals surface area contributed by atoms with Crippen LogP contribution in [0, 0.1) is 6.92 Å². The minimum absolute atomic E-state index is 0.832. The molecule has 0 bridgehead atoms. The summed E-state index contributed by atoms with van der Waals surface area (Å²) in [6, 6.07) is 12.7. The lowest BCUT2D eigenvalue weighted by Crippen LogP contribution is -2.46. The third-order valence-corrected chi connectivity index (χ3v) is 4.11. The van der Waals surface area contributed by atoms with E-state index in [1.165, 1.54) is 5.69 Å². The number of aryl methyl sites for hydroxylation is 1. The first-order valence-electron chi connectivity index (χ1n) is 7.54. The minimum Gasteiger partial charge on any atom is -0.368 e. The van der Waals surface area contributed by atoms with Crippen molar-refractivity contribution in [3.63, 3.8) is 0 Å². The number of para-hydroxylation sites is 1. The van der Waals surface area contributed by atoms with Gasteiger partial charge in [0.15, 0.2) is 0 Å². The molecule has 3 heterocycles. The highest BCUT2D eigenvalue weighted by Crippen LogP contribution is 2.23. The number of anilines is 2. The molecule has 0 N–H and O–H groups in total. The first-order chi connectivity index (χ1) is 10.8. The van der Waals surface area contributed by atoms with Gasteiger partial charge in [0.2, 0.25) is 5.65 Å². The summed E-state index contributed by atoms with van der Waals surface area (Å²) in [5.41, 5.74) is 4.23. The van der Waals surface area contributed by atoms with Gasteiger partial charge in [-0.2, -0.15) is 9.61 Å². The Morgan fingerprint density at radius 1 is 0.955 bits per heavy atom. The van der Waals surface area contributed by atoms with E-state index in [0.29, 0.717) is 0 Å². The quantitative estimate of drug-likeness (QED) is 0.721. The lowest BCUT2D eigenvalue weighted by atomic mass is 10.2. The van der Waals surface area contributed by atoms with Gasteiger partial charge in [0, 0.05) is 31.9 Å². The predicted molar refractivity (Wildman–Crippen MR) is 86.4 cm³/mol. The molecule has 112 valence electrons. The third kappa shape index (κ3) is 2.26. The summed E-state index contributed by atoms with van der Waals surface area (Å²) < 4.78 is 1.76. The minimum atomic E-state index is 0.832. The van der Waals surface area contributed by atoms with E-state index in [1.807, 2.05) is 6.92 Å². The Morgan fingerprint density at radius 3 is 2.45 bits per heavy atom. The standard InChI is InChI=1S/C16H18N6/c1-13-11-15(16-18-17-12-22(16)19-13)21-9-7-20(8-10-21)14-5-3-2-4-6-14/h2-6,11-12H,7-10H2,1H3. The van der Waals surface area contributed by atoms with Crippen LogP contribution in [0.25, 0.3) is 5.65 Å². The van der Waals surface area contributed by atoms with Crippen molar-refractivity contribution in [2.75, 3.05) is 36.0 Å². The van der Waals surface area contributed by atoms with Gasteiger partial charge in [0.25, 0.3) is 0 Å². The van der Waals surface area contributed by atoms with Crippen molar-refractivity contribution < 1.29 is 0 Å². The largest absolute Gasteiger partial charge is 0.368 e. The monoisotopic (exact) mass is 294 g/mol. The van der Waals surface area contributed by atoms with Crippen molar-refractivity contribution in [2.45, 2.75) is 6.92 Å². The van der Waals surface area contributed by atoms with Crippen LogP contribution in [0.2, 0.25) is 0 Å². The van der Waals surface area contributed by atoms with Crippen LogP contribution >= 0.6 is 0 Å². The van der Waals surface area contributed by atoms with Crippen molar-refractivity contribution in [1.82, 2.24) is 19.8 Å². The van der Waals surface area contributed by atoms with Crippen LogP contribution in [0.5, 0.6) is 0 Å². The molecule has 0 unspecified atom stereocenters. The van der Waals surface area contributed by atoms with Crippen molar-refractivity contribution in [1.29, 1.82) is 0 Å². The normalized spacial score (nSPS) is 15.5. The van der Waals surface area contributed by atoms with Crippen molar-refractivity contribution in [3.05, 3.63) is 48.4 Å². The van der Waals surface area contributed by atoms with Gasteiger partial charge in [-0.05, 0) is 25.1 Å². The zero-order valence-corrected chi connectivity index (χ0v) is 12.6. The molecule has 0 aliphatic carbocycles. The summed E-state index contributed by atoms with van der Waals surface area (Å²) in [6.45, 7) is 5.96. The Bertz CT molecular complexity index is 774. The average Bonchev–Trinajstić information content (AvgIpc) is 3.03. The Kier molecular flexibility index (Phi) is 3.14. The van der Waals surface area contributed by atoms with Gasteiger partial charge in [0.1, 0.15) is 6.33 Å². The molecule has 1 fully saturated rings. The number of hydrogen-bond donors (Lipinski definition) is 0. The van der Waals surface area contributed by atoms with E-state index in [2.05, 4.69) is 61.5 Å². The molecular formula is C16H18N6. The molecule has 1 aliphatic rings. The molecule has 0 saturated carbocycles. The van der Waals surface area contributed by atoms with Gasteiger partial charge in [-0.1, -0.05) is 18.2 Å². The number of nitrogens with zero attached hydrogens (tertiary/aromatic N) is 6. The number of aromatic nitrogens is 4. The van der Waals surface area contributed by atoms with E-state index < -0.39 is 0 Å². The van der Waals surface area contributed by atoms with Crippen molar-refractivity contribution in [3.8, 4) is 0 Å². The molecule has 22 heavy (non-hydrogen) atoms. The smallest absolute Gasteiger partial charge is 0.200 e. The highest BCUT2D eigenvalue weighted by atomic mass is 15.4. The molecule has 1 aromatic carbocycles. The fourth-order valence-electron chi connectivity index (χ4n) is 3.01. The van der Waals surface area contributed by atoms with Crippen LogP contribution in [0.1, 0.15) is 5.69 Å². The van der Waals surface area contributed by atoms with E-state index in [9.17, 15) is 0 Å². The molecule has 0 spiro atoms. The Morgan fingerprint density at radius 2 is 1.68 bits per heavy atom. The molecule has 1 saturated heterocycles. The fraction of sp³-hybridized carbons (Fsp3) is 0.312. The van der Waals surface area contributed by atoms with Crippen LogP contribution in [0.15, 0.2) is 42.7 Å². The topological polar surface area (TPSA) is 49.6 Å². The average molecular weight is 294 g/mol. The number of benzene rings is 1. The molecule has 1 aliphatic heterocycles. The summed E-state index contributed by atoms with van der Waals surface area (Å²) in [5.74, 6) is 0. The summed E-state index contributed by atoms with van der Waals surface area (Å²) in [4.78, 5) is 4.80.